The molecular formula is C19H16N4. The molecule has 0 radical (unpaired) electrons. The highest BCUT2D eigenvalue weighted by atomic mass is 15.2. The third kappa shape index (κ3) is 2.36. The van der Waals surface area contributed by atoms with E-state index < -0.39 is 0 Å². The van der Waals surface area contributed by atoms with Crippen LogP contribution in [-0.2, 0) is 0 Å². The number of anilines is 1. The Labute approximate surface area is 134 Å². The summed E-state index contributed by atoms with van der Waals surface area (Å²) in [5.74, 6) is 0.780. The molecule has 4 nitrogen and oxygen atoms in total. The van der Waals surface area contributed by atoms with Crippen LogP contribution in [0.15, 0.2) is 60.8 Å². The third-order valence-electron chi connectivity index (χ3n) is 4.27. The van der Waals surface area contributed by atoms with Crippen LogP contribution in [0.5, 0.6) is 0 Å². The lowest BCUT2D eigenvalue weighted by molar-refractivity contribution is 0.819. The Hall–Kier alpha value is -3.06. The van der Waals surface area contributed by atoms with Crippen molar-refractivity contribution in [2.24, 2.45) is 0 Å². The normalized spacial score (nSPS) is 14.6. The fourth-order valence-electron chi connectivity index (χ4n) is 3.08. The minimum atomic E-state index is 0.608. The van der Waals surface area contributed by atoms with Gasteiger partial charge in [0.2, 0.25) is 0 Å². The van der Waals surface area contributed by atoms with Crippen LogP contribution in [0.1, 0.15) is 17.7 Å². The monoisotopic (exact) mass is 300 g/mol. The van der Waals surface area contributed by atoms with Crippen molar-refractivity contribution in [1.29, 1.82) is 5.26 Å². The van der Waals surface area contributed by atoms with Gasteiger partial charge < -0.3 is 4.90 Å². The van der Waals surface area contributed by atoms with Crippen LogP contribution in [0, 0.1) is 11.3 Å². The van der Waals surface area contributed by atoms with E-state index in [4.69, 9.17) is 0 Å². The molecule has 0 saturated carbocycles. The highest BCUT2D eigenvalue weighted by molar-refractivity contribution is 5.69. The number of pyridine rings is 1. The lowest BCUT2D eigenvalue weighted by Crippen LogP contribution is -2.29. The molecule has 112 valence electrons. The molecule has 1 aromatic carbocycles. The summed E-state index contributed by atoms with van der Waals surface area (Å²) in [4.78, 5) is 6.82. The number of hydrogen-bond donors (Lipinski definition) is 0. The molecule has 0 aliphatic carbocycles. The zero-order valence-corrected chi connectivity index (χ0v) is 12.7. The van der Waals surface area contributed by atoms with E-state index in [9.17, 15) is 5.26 Å². The van der Waals surface area contributed by atoms with E-state index in [2.05, 4.69) is 46.3 Å². The first-order valence-corrected chi connectivity index (χ1v) is 7.73. The van der Waals surface area contributed by atoms with Crippen LogP contribution in [0.25, 0.3) is 11.2 Å². The van der Waals surface area contributed by atoms with Gasteiger partial charge in [-0.1, -0.05) is 42.5 Å². The zero-order chi connectivity index (χ0) is 15.6. The van der Waals surface area contributed by atoms with E-state index in [1.54, 1.807) is 0 Å². The first-order chi connectivity index (χ1) is 11.4. The van der Waals surface area contributed by atoms with Crippen molar-refractivity contribution in [3.63, 3.8) is 0 Å². The Morgan fingerprint density at radius 3 is 2.61 bits per heavy atom. The molecule has 1 aliphatic rings. The van der Waals surface area contributed by atoms with Crippen molar-refractivity contribution in [1.82, 2.24) is 9.38 Å². The molecule has 0 amide bonds. The molecule has 0 N–H and O–H groups in total. The van der Waals surface area contributed by atoms with Gasteiger partial charge in [0.15, 0.2) is 11.5 Å². The van der Waals surface area contributed by atoms with Crippen LogP contribution in [-0.4, -0.2) is 22.5 Å². The molecule has 0 bridgehead atoms. The summed E-state index contributed by atoms with van der Waals surface area (Å²) in [6, 6.07) is 18.6. The molecule has 0 fully saturated rings. The summed E-state index contributed by atoms with van der Waals surface area (Å²) < 4.78 is 1.85. The molecule has 4 heteroatoms. The summed E-state index contributed by atoms with van der Waals surface area (Å²) in [5, 5.41) is 9.51. The fourth-order valence-corrected chi connectivity index (χ4v) is 3.08. The Morgan fingerprint density at radius 2 is 1.87 bits per heavy atom. The number of rotatable bonds is 2. The lowest BCUT2D eigenvalue weighted by Gasteiger charge is -2.26. The topological polar surface area (TPSA) is 44.3 Å². The number of nitrogens with zero attached hydrogens (tertiary/aromatic N) is 4. The van der Waals surface area contributed by atoms with Crippen molar-refractivity contribution >= 4 is 17.0 Å². The number of hydrogen-bond acceptors (Lipinski definition) is 3. The number of benzene rings is 1. The zero-order valence-electron chi connectivity index (χ0n) is 12.7. The Kier molecular flexibility index (Phi) is 3.32. The molecule has 0 atom stereocenters. The van der Waals surface area contributed by atoms with Gasteiger partial charge in [0.05, 0.1) is 0 Å². The van der Waals surface area contributed by atoms with Crippen LogP contribution in [0.2, 0.25) is 0 Å². The van der Waals surface area contributed by atoms with Gasteiger partial charge in [0.1, 0.15) is 11.7 Å². The van der Waals surface area contributed by atoms with Crippen molar-refractivity contribution in [2.75, 3.05) is 18.0 Å². The van der Waals surface area contributed by atoms with Gasteiger partial charge in [-0.25, -0.2) is 4.98 Å². The van der Waals surface area contributed by atoms with Crippen molar-refractivity contribution in [3.05, 3.63) is 72.1 Å². The van der Waals surface area contributed by atoms with Gasteiger partial charge in [-0.05, 0) is 29.7 Å². The molecule has 1 aliphatic heterocycles. The van der Waals surface area contributed by atoms with E-state index >= 15 is 0 Å². The predicted octanol–water partition coefficient (Wildman–Crippen LogP) is 3.50. The summed E-state index contributed by atoms with van der Waals surface area (Å²) in [7, 11) is 0. The third-order valence-corrected chi connectivity index (χ3v) is 4.27. The SMILES string of the molecule is N#Cc1c(N2CC=C(c3ccccc3)CC2)nc2ccccn12. The van der Waals surface area contributed by atoms with Gasteiger partial charge in [-0.15, -0.1) is 0 Å². The highest BCUT2D eigenvalue weighted by Gasteiger charge is 2.20. The van der Waals surface area contributed by atoms with Crippen molar-refractivity contribution < 1.29 is 0 Å². The Balaban J connectivity index is 1.66. The molecule has 0 unspecified atom stereocenters. The van der Waals surface area contributed by atoms with Gasteiger partial charge in [-0.3, -0.25) is 4.40 Å². The summed E-state index contributed by atoms with van der Waals surface area (Å²) in [5.41, 5.74) is 4.07. The predicted molar refractivity (Wildman–Crippen MR) is 91.2 cm³/mol. The van der Waals surface area contributed by atoms with E-state index in [-0.39, 0.29) is 0 Å². The van der Waals surface area contributed by atoms with Gasteiger partial charge in [0.25, 0.3) is 0 Å². The fraction of sp³-hybridized carbons (Fsp3) is 0.158. The smallest absolute Gasteiger partial charge is 0.169 e. The first kappa shape index (κ1) is 13.6. The average Bonchev–Trinajstić information content (AvgIpc) is 3.01. The average molecular weight is 300 g/mol. The number of nitriles is 1. The maximum atomic E-state index is 9.51. The number of aromatic nitrogens is 2. The standard InChI is InChI=1S/C19H16N4/c20-14-17-19(21-18-8-4-5-11-23(17)18)22-12-9-16(10-13-22)15-6-2-1-3-7-15/h1-9,11H,10,12-13H2. The van der Waals surface area contributed by atoms with Crippen LogP contribution in [0.3, 0.4) is 0 Å². The molecule has 23 heavy (non-hydrogen) atoms. The summed E-state index contributed by atoms with van der Waals surface area (Å²) in [6.45, 7) is 1.65. The number of fused-ring (bicyclic) bond motifs is 1. The van der Waals surface area contributed by atoms with Crippen LogP contribution < -0.4 is 4.90 Å². The van der Waals surface area contributed by atoms with E-state index in [0.29, 0.717) is 5.69 Å². The van der Waals surface area contributed by atoms with E-state index in [0.717, 1.165) is 31.0 Å². The molecule has 2 aromatic heterocycles. The second-order valence-electron chi connectivity index (χ2n) is 5.62. The molecule has 3 aromatic rings. The molecule has 0 saturated heterocycles. The second-order valence-corrected chi connectivity index (χ2v) is 5.62. The minimum absolute atomic E-state index is 0.608. The van der Waals surface area contributed by atoms with Gasteiger partial charge in [0, 0.05) is 19.3 Å². The maximum Gasteiger partial charge on any atom is 0.169 e. The first-order valence-electron chi connectivity index (χ1n) is 7.73. The lowest BCUT2D eigenvalue weighted by atomic mass is 9.99. The molecule has 0 spiro atoms. The highest BCUT2D eigenvalue weighted by Crippen LogP contribution is 2.27. The molecule has 3 heterocycles. The molecular weight excluding hydrogens is 284 g/mol. The van der Waals surface area contributed by atoms with E-state index in [1.165, 1.54) is 11.1 Å². The second kappa shape index (κ2) is 5.62. The van der Waals surface area contributed by atoms with E-state index in [1.807, 2.05) is 34.9 Å². The Morgan fingerprint density at radius 1 is 1.04 bits per heavy atom. The molecule has 4 rings (SSSR count). The van der Waals surface area contributed by atoms with Gasteiger partial charge in [-0.2, -0.15) is 5.26 Å². The van der Waals surface area contributed by atoms with Crippen molar-refractivity contribution in [3.8, 4) is 6.07 Å². The maximum absolute atomic E-state index is 9.51. The van der Waals surface area contributed by atoms with Crippen LogP contribution >= 0.6 is 0 Å². The largest absolute Gasteiger partial charge is 0.350 e. The quantitative estimate of drug-likeness (QED) is 0.727. The summed E-state index contributed by atoms with van der Waals surface area (Å²) >= 11 is 0. The number of imidazole rings is 1. The van der Waals surface area contributed by atoms with Gasteiger partial charge >= 0.3 is 0 Å². The summed E-state index contributed by atoms with van der Waals surface area (Å²) in [6.07, 6.45) is 5.09. The Bertz CT molecular complexity index is 915. The van der Waals surface area contributed by atoms with Crippen molar-refractivity contribution in [2.45, 2.75) is 6.42 Å². The minimum Gasteiger partial charge on any atom is -0.350 e. The van der Waals surface area contributed by atoms with Crippen LogP contribution in [0.4, 0.5) is 5.82 Å².